The van der Waals surface area contributed by atoms with E-state index in [-0.39, 0.29) is 29.6 Å². The summed E-state index contributed by atoms with van der Waals surface area (Å²) in [6.07, 6.45) is 1.62. The van der Waals surface area contributed by atoms with Crippen molar-refractivity contribution in [2.45, 2.75) is 25.5 Å². The number of hydrogen-bond donors (Lipinski definition) is 1. The summed E-state index contributed by atoms with van der Waals surface area (Å²) in [4.78, 5) is 31.2. The second-order valence-corrected chi connectivity index (χ2v) is 9.39. The van der Waals surface area contributed by atoms with Gasteiger partial charge in [0.15, 0.2) is 5.16 Å². The van der Waals surface area contributed by atoms with Crippen molar-refractivity contribution in [1.82, 2.24) is 9.55 Å². The molecular formula is C25H22FN3O2S2. The van der Waals surface area contributed by atoms with Gasteiger partial charge in [0.25, 0.3) is 5.56 Å². The van der Waals surface area contributed by atoms with Gasteiger partial charge < -0.3 is 5.32 Å². The number of rotatable bonds is 7. The van der Waals surface area contributed by atoms with Crippen molar-refractivity contribution in [2.24, 2.45) is 0 Å². The molecule has 2 aromatic carbocycles. The Kier molecular flexibility index (Phi) is 6.76. The van der Waals surface area contributed by atoms with Gasteiger partial charge in [0.1, 0.15) is 10.6 Å². The van der Waals surface area contributed by atoms with E-state index >= 15 is 0 Å². The smallest absolute Gasteiger partial charge is 0.263 e. The number of benzene rings is 2. The van der Waals surface area contributed by atoms with E-state index in [2.05, 4.69) is 16.9 Å². The van der Waals surface area contributed by atoms with Crippen molar-refractivity contribution in [1.29, 1.82) is 0 Å². The molecule has 0 atom stereocenters. The van der Waals surface area contributed by atoms with Crippen molar-refractivity contribution >= 4 is 44.9 Å². The SMILES string of the molecule is C=CCn1c(SCC(=O)Nc2cc(C)ccc2C)nc2scc(-c3ccc(F)cc3)c2c1=O. The summed E-state index contributed by atoms with van der Waals surface area (Å²) in [5.41, 5.74) is 4.07. The number of nitrogens with one attached hydrogen (secondary N) is 1. The number of halogens is 1. The predicted octanol–water partition coefficient (Wildman–Crippen LogP) is 5.80. The first-order valence-corrected chi connectivity index (χ1v) is 12.1. The third-order valence-electron chi connectivity index (χ3n) is 5.13. The van der Waals surface area contributed by atoms with Crippen LogP contribution in [0.25, 0.3) is 21.3 Å². The molecule has 2 heterocycles. The minimum atomic E-state index is -0.335. The highest BCUT2D eigenvalue weighted by molar-refractivity contribution is 7.99. The first-order valence-electron chi connectivity index (χ1n) is 10.3. The Balaban J connectivity index is 1.63. The lowest BCUT2D eigenvalue weighted by molar-refractivity contribution is -0.113. The van der Waals surface area contributed by atoms with E-state index in [0.29, 0.717) is 15.4 Å². The van der Waals surface area contributed by atoms with Gasteiger partial charge in [-0.15, -0.1) is 17.9 Å². The molecule has 5 nitrogen and oxygen atoms in total. The highest BCUT2D eigenvalue weighted by Gasteiger charge is 2.18. The summed E-state index contributed by atoms with van der Waals surface area (Å²) in [6, 6.07) is 11.9. The molecule has 0 aliphatic heterocycles. The summed E-state index contributed by atoms with van der Waals surface area (Å²) in [5.74, 6) is -0.400. The van der Waals surface area contributed by atoms with Gasteiger partial charge in [0.2, 0.25) is 5.91 Å². The van der Waals surface area contributed by atoms with Crippen LogP contribution < -0.4 is 10.9 Å². The van der Waals surface area contributed by atoms with Gasteiger partial charge in [0, 0.05) is 23.2 Å². The largest absolute Gasteiger partial charge is 0.325 e. The fraction of sp³-hybridized carbons (Fsp3) is 0.160. The molecule has 0 aliphatic rings. The summed E-state index contributed by atoms with van der Waals surface area (Å²) in [7, 11) is 0. The van der Waals surface area contributed by atoms with Gasteiger partial charge >= 0.3 is 0 Å². The molecule has 8 heteroatoms. The van der Waals surface area contributed by atoms with Crippen LogP contribution in [0.15, 0.2) is 70.5 Å². The molecule has 0 aliphatic carbocycles. The first-order chi connectivity index (χ1) is 15.9. The zero-order chi connectivity index (χ0) is 23.5. The number of anilines is 1. The van der Waals surface area contributed by atoms with Crippen LogP contribution in [0.5, 0.6) is 0 Å². The summed E-state index contributed by atoms with van der Waals surface area (Å²) in [6.45, 7) is 7.93. The number of thioether (sulfide) groups is 1. The molecule has 0 bridgehead atoms. The van der Waals surface area contributed by atoms with Crippen molar-refractivity contribution < 1.29 is 9.18 Å². The number of aromatic nitrogens is 2. The van der Waals surface area contributed by atoms with Crippen LogP contribution in [0, 0.1) is 19.7 Å². The van der Waals surface area contributed by atoms with Crippen molar-refractivity contribution in [2.75, 3.05) is 11.1 Å². The zero-order valence-corrected chi connectivity index (χ0v) is 19.9. The van der Waals surface area contributed by atoms with Gasteiger partial charge in [-0.25, -0.2) is 9.37 Å². The Morgan fingerprint density at radius 1 is 1.24 bits per heavy atom. The molecule has 0 fully saturated rings. The standard InChI is InChI=1S/C25H22FN3O2S2/c1-4-11-29-24(31)22-19(17-7-9-18(26)10-8-17)13-32-23(22)28-25(29)33-14-21(30)27-20-12-15(2)5-6-16(20)3/h4-10,12-13H,1,11,14H2,2-3H3,(H,27,30). The quantitative estimate of drug-likeness (QED) is 0.207. The highest BCUT2D eigenvalue weighted by atomic mass is 32.2. The highest BCUT2D eigenvalue weighted by Crippen LogP contribution is 2.32. The van der Waals surface area contributed by atoms with Crippen LogP contribution in [-0.4, -0.2) is 21.2 Å². The molecule has 0 saturated heterocycles. The number of aryl methyl sites for hydroxylation is 2. The van der Waals surface area contributed by atoms with Crippen LogP contribution in [-0.2, 0) is 11.3 Å². The number of carbonyl (C=O) groups excluding carboxylic acids is 1. The summed E-state index contributed by atoms with van der Waals surface area (Å²) in [5, 5.41) is 5.72. The number of amides is 1. The van der Waals surface area contributed by atoms with Gasteiger partial charge in [-0.1, -0.05) is 42.1 Å². The lowest BCUT2D eigenvalue weighted by Gasteiger charge is -2.12. The number of allylic oxidation sites excluding steroid dienone is 1. The maximum atomic E-state index is 13.4. The molecular weight excluding hydrogens is 457 g/mol. The number of nitrogens with zero attached hydrogens (tertiary/aromatic N) is 2. The number of carbonyl (C=O) groups is 1. The Labute approximate surface area is 199 Å². The lowest BCUT2D eigenvalue weighted by Crippen LogP contribution is -2.23. The van der Waals surface area contributed by atoms with Crippen molar-refractivity contribution in [3.05, 3.63) is 87.8 Å². The van der Waals surface area contributed by atoms with Crippen LogP contribution in [0.3, 0.4) is 0 Å². The van der Waals surface area contributed by atoms with Gasteiger partial charge in [0.05, 0.1) is 11.1 Å². The Bertz CT molecular complexity index is 1410. The average molecular weight is 480 g/mol. The maximum Gasteiger partial charge on any atom is 0.263 e. The zero-order valence-electron chi connectivity index (χ0n) is 18.2. The molecule has 168 valence electrons. The molecule has 0 spiro atoms. The topological polar surface area (TPSA) is 64.0 Å². The number of thiophene rings is 1. The maximum absolute atomic E-state index is 13.4. The second kappa shape index (κ2) is 9.72. The molecule has 1 N–H and O–H groups in total. The minimum absolute atomic E-state index is 0.110. The van der Waals surface area contributed by atoms with Crippen LogP contribution in [0.2, 0.25) is 0 Å². The van der Waals surface area contributed by atoms with Gasteiger partial charge in [-0.2, -0.15) is 0 Å². The normalized spacial score (nSPS) is 11.0. The van der Waals surface area contributed by atoms with Crippen LogP contribution >= 0.6 is 23.1 Å². The van der Waals surface area contributed by atoms with E-state index in [1.54, 1.807) is 18.2 Å². The fourth-order valence-electron chi connectivity index (χ4n) is 3.43. The summed E-state index contributed by atoms with van der Waals surface area (Å²) < 4.78 is 14.9. The Morgan fingerprint density at radius 3 is 2.73 bits per heavy atom. The predicted molar refractivity (Wildman–Crippen MR) is 135 cm³/mol. The van der Waals surface area contributed by atoms with E-state index in [9.17, 15) is 14.0 Å². The average Bonchev–Trinajstić information content (AvgIpc) is 3.22. The molecule has 0 unspecified atom stereocenters. The Morgan fingerprint density at radius 2 is 2.00 bits per heavy atom. The number of hydrogen-bond acceptors (Lipinski definition) is 5. The first kappa shape index (κ1) is 22.9. The molecule has 2 aromatic heterocycles. The fourth-order valence-corrected chi connectivity index (χ4v) is 5.23. The lowest BCUT2D eigenvalue weighted by atomic mass is 10.1. The van der Waals surface area contributed by atoms with Crippen molar-refractivity contribution in [3.63, 3.8) is 0 Å². The third-order valence-corrected chi connectivity index (χ3v) is 6.97. The van der Waals surface area contributed by atoms with Gasteiger partial charge in [-0.3, -0.25) is 14.2 Å². The monoisotopic (exact) mass is 479 g/mol. The molecule has 4 aromatic rings. The second-order valence-electron chi connectivity index (χ2n) is 7.59. The molecule has 0 radical (unpaired) electrons. The minimum Gasteiger partial charge on any atom is -0.325 e. The Hall–Kier alpha value is -3.23. The van der Waals surface area contributed by atoms with Crippen molar-refractivity contribution in [3.8, 4) is 11.1 Å². The van der Waals surface area contributed by atoms with Crippen LogP contribution in [0.1, 0.15) is 11.1 Å². The number of fused-ring (bicyclic) bond motifs is 1. The third kappa shape index (κ3) is 4.91. The van der Waals surface area contributed by atoms with E-state index in [1.807, 2.05) is 37.4 Å². The molecule has 0 saturated carbocycles. The molecule has 1 amide bonds. The van der Waals surface area contributed by atoms with E-state index in [4.69, 9.17) is 0 Å². The van der Waals surface area contributed by atoms with E-state index in [1.165, 1.54) is 39.8 Å². The summed E-state index contributed by atoms with van der Waals surface area (Å²) >= 11 is 2.56. The van der Waals surface area contributed by atoms with Crippen LogP contribution in [0.4, 0.5) is 10.1 Å². The van der Waals surface area contributed by atoms with E-state index in [0.717, 1.165) is 27.9 Å². The molecule has 33 heavy (non-hydrogen) atoms. The molecule has 4 rings (SSSR count). The van der Waals surface area contributed by atoms with Gasteiger partial charge in [-0.05, 0) is 48.7 Å². The van der Waals surface area contributed by atoms with E-state index < -0.39 is 0 Å².